The lowest BCUT2D eigenvalue weighted by Crippen LogP contribution is -2.30. The Bertz CT molecular complexity index is 4430. The standard InChI is InChI=1S/C23H21Cl2F3N2O4S.C20H25BrN2O3.C20H27BrN2O3.C20H27ClN2O3/c1-15-10-20(7-8-21(31)14-35(32,33)23(26,27)28)29-30(15)12-17-11-19(25)6-9-22(17)34-13-16-2-4-18(24)5-3-16;1-14-10-18(7-9-20(24)25)22-23(14)12-16-11-17(21)6-8-19(16)26-13-15-4-2-3-5-15;2*1-4-15(5-2)13-26-19-8-6-17(21)11-16(19)12-23-14(3)10-18(22-23)7-9-20(24)25/h2-6,9-11H,7-8,12-14H2,1H3;6,8,10-11,15H,2-5,7,9,12-13H2,1H3,(H,24,25);2*6,8,10-11,15H,4-5,7,9,12-13H2,1-3H3,(H,24,25). The average Bonchev–Trinajstić information content (AvgIpc) is 1.77. The molecule has 1 aliphatic rings. The Labute approximate surface area is 691 Å². The largest absolute Gasteiger partial charge is 0.497 e. The molecule has 5 aromatic carbocycles. The van der Waals surface area contributed by atoms with Crippen molar-refractivity contribution in [3.05, 3.63) is 219 Å². The smallest absolute Gasteiger partial charge is 0.493 e. The molecule has 0 radical (unpaired) electrons. The maximum Gasteiger partial charge on any atom is 0.497 e. The summed E-state index contributed by atoms with van der Waals surface area (Å²) in [6.45, 7) is 21.0. The van der Waals surface area contributed by atoms with Gasteiger partial charge in [0, 0.05) is 94.7 Å². The molecule has 612 valence electrons. The zero-order chi connectivity index (χ0) is 82.5. The van der Waals surface area contributed by atoms with Crippen LogP contribution < -0.4 is 18.9 Å². The van der Waals surface area contributed by atoms with Gasteiger partial charge in [-0.25, -0.2) is 8.42 Å². The molecule has 0 atom stereocenters. The number of aliphatic carboxylic acids is 3. The van der Waals surface area contributed by atoms with Gasteiger partial charge in [0.1, 0.15) is 41.1 Å². The number of hydrogen-bond acceptors (Lipinski definition) is 14. The number of benzene rings is 5. The number of rotatable bonds is 38. The Morgan fingerprint density at radius 1 is 0.478 bits per heavy atom. The second-order valence-corrected chi connectivity index (χ2v) is 33.2. The monoisotopic (exact) mass is 1770 g/mol. The molecule has 0 unspecified atom stereocenters. The van der Waals surface area contributed by atoms with Crippen molar-refractivity contribution < 1.29 is 75.0 Å². The van der Waals surface area contributed by atoms with Crippen molar-refractivity contribution in [1.29, 1.82) is 0 Å². The van der Waals surface area contributed by atoms with Crippen LogP contribution in [0.2, 0.25) is 15.1 Å². The summed E-state index contributed by atoms with van der Waals surface area (Å²) in [6, 6.07) is 37.7. The van der Waals surface area contributed by atoms with Crippen molar-refractivity contribution in [2.45, 2.75) is 196 Å². The summed E-state index contributed by atoms with van der Waals surface area (Å²) in [5, 5.41) is 46.4. The first-order valence-corrected chi connectivity index (χ1v) is 42.1. The van der Waals surface area contributed by atoms with Crippen molar-refractivity contribution in [2.75, 3.05) is 25.6 Å². The van der Waals surface area contributed by atoms with E-state index in [0.29, 0.717) is 110 Å². The van der Waals surface area contributed by atoms with E-state index in [0.717, 1.165) is 126 Å². The molecule has 0 amide bonds. The molecule has 1 fully saturated rings. The molecular formula is C83H100Br2Cl3F3N8O13S. The van der Waals surface area contributed by atoms with Crippen LogP contribution in [-0.4, -0.2) is 118 Å². The summed E-state index contributed by atoms with van der Waals surface area (Å²) in [6.07, 6.45) is 10.8. The van der Waals surface area contributed by atoms with Crippen molar-refractivity contribution in [1.82, 2.24) is 39.1 Å². The van der Waals surface area contributed by atoms with Gasteiger partial charge in [-0.2, -0.15) is 33.6 Å². The molecule has 10 rings (SSSR count). The number of ether oxygens (including phenoxy) is 4. The van der Waals surface area contributed by atoms with Gasteiger partial charge in [0.2, 0.25) is 0 Å². The van der Waals surface area contributed by atoms with Gasteiger partial charge in [-0.15, -0.1) is 0 Å². The highest BCUT2D eigenvalue weighted by Crippen LogP contribution is 2.33. The molecule has 4 aromatic heterocycles. The second-order valence-electron chi connectivity index (χ2n) is 28.0. The lowest BCUT2D eigenvalue weighted by molar-refractivity contribution is -0.138. The molecule has 0 bridgehead atoms. The van der Waals surface area contributed by atoms with Gasteiger partial charge in [0.15, 0.2) is 0 Å². The van der Waals surface area contributed by atoms with E-state index in [-0.39, 0.29) is 32.1 Å². The van der Waals surface area contributed by atoms with Crippen LogP contribution >= 0.6 is 66.7 Å². The zero-order valence-electron chi connectivity index (χ0n) is 64.9. The van der Waals surface area contributed by atoms with Crippen LogP contribution in [-0.2, 0) is 87.5 Å². The predicted octanol–water partition coefficient (Wildman–Crippen LogP) is 19.7. The number of halogens is 8. The number of hydrogen-bond donors (Lipinski definition) is 3. The number of aryl methyl sites for hydroxylation is 8. The third kappa shape index (κ3) is 30.8. The van der Waals surface area contributed by atoms with Gasteiger partial charge in [0.05, 0.1) is 88.0 Å². The Kier molecular flexibility index (Phi) is 36.8. The highest BCUT2D eigenvalue weighted by molar-refractivity contribution is 9.10. The lowest BCUT2D eigenvalue weighted by atomic mass is 10.1. The summed E-state index contributed by atoms with van der Waals surface area (Å²) in [4.78, 5) is 44.1. The summed E-state index contributed by atoms with van der Waals surface area (Å²) in [5.41, 5.74) is 5.92. The van der Waals surface area contributed by atoms with E-state index < -0.39 is 44.8 Å². The molecule has 4 heterocycles. The van der Waals surface area contributed by atoms with Crippen LogP contribution in [0.1, 0.15) is 178 Å². The number of Topliss-reactive ketones (excluding diaryl/α,β-unsaturated/α-hetero) is 1. The number of carbonyl (C=O) groups is 4. The van der Waals surface area contributed by atoms with Crippen LogP contribution in [0.25, 0.3) is 0 Å². The van der Waals surface area contributed by atoms with E-state index in [4.69, 9.17) is 69.1 Å². The van der Waals surface area contributed by atoms with Gasteiger partial charge in [0.25, 0.3) is 9.84 Å². The molecule has 113 heavy (non-hydrogen) atoms. The van der Waals surface area contributed by atoms with Crippen LogP contribution in [0.5, 0.6) is 23.0 Å². The highest BCUT2D eigenvalue weighted by Gasteiger charge is 2.46. The van der Waals surface area contributed by atoms with Crippen LogP contribution in [0.3, 0.4) is 0 Å². The minimum Gasteiger partial charge on any atom is -0.493 e. The normalized spacial score (nSPS) is 12.2. The van der Waals surface area contributed by atoms with E-state index >= 15 is 0 Å². The third-order valence-corrected chi connectivity index (χ3v) is 22.3. The molecule has 0 spiro atoms. The van der Waals surface area contributed by atoms with Crippen LogP contribution in [0.15, 0.2) is 130 Å². The Morgan fingerprint density at radius 2 is 0.805 bits per heavy atom. The first kappa shape index (κ1) is 92.0. The van der Waals surface area contributed by atoms with Crippen molar-refractivity contribution in [3.8, 4) is 23.0 Å². The highest BCUT2D eigenvalue weighted by atomic mass is 79.9. The number of ketones is 1. The first-order chi connectivity index (χ1) is 53.7. The van der Waals surface area contributed by atoms with Gasteiger partial charge in [-0.3, -0.25) is 37.9 Å². The van der Waals surface area contributed by atoms with E-state index in [2.05, 4.69) is 92.1 Å². The topological polar surface area (TPSA) is 271 Å². The zero-order valence-corrected chi connectivity index (χ0v) is 71.1. The number of carboxylic acid groups (broad SMARTS) is 3. The van der Waals surface area contributed by atoms with E-state index in [9.17, 15) is 40.8 Å². The minimum absolute atomic E-state index is 0.00944. The molecule has 21 nitrogen and oxygen atoms in total. The Morgan fingerprint density at radius 3 is 1.16 bits per heavy atom. The van der Waals surface area contributed by atoms with Gasteiger partial charge < -0.3 is 34.3 Å². The minimum atomic E-state index is -5.49. The average molecular weight is 1770 g/mol. The molecule has 3 N–H and O–H groups in total. The van der Waals surface area contributed by atoms with Crippen molar-refractivity contribution >= 4 is 100 Å². The van der Waals surface area contributed by atoms with Crippen molar-refractivity contribution in [3.63, 3.8) is 0 Å². The predicted molar refractivity (Wildman–Crippen MR) is 439 cm³/mol. The van der Waals surface area contributed by atoms with Gasteiger partial charge >= 0.3 is 23.4 Å². The van der Waals surface area contributed by atoms with Gasteiger partial charge in [-0.05, 0) is 179 Å². The third-order valence-electron chi connectivity index (χ3n) is 19.2. The van der Waals surface area contributed by atoms with Crippen LogP contribution in [0.4, 0.5) is 13.2 Å². The first-order valence-electron chi connectivity index (χ1n) is 37.7. The second kappa shape index (κ2) is 45.2. The number of alkyl halides is 3. The van der Waals surface area contributed by atoms with E-state index in [1.54, 1.807) is 48.0 Å². The summed E-state index contributed by atoms with van der Waals surface area (Å²) in [7, 11) is -5.49. The van der Waals surface area contributed by atoms with Gasteiger partial charge in [-0.1, -0.05) is 145 Å². The molecule has 9 aromatic rings. The number of sulfone groups is 1. The van der Waals surface area contributed by atoms with Crippen LogP contribution in [0, 0.1) is 45.4 Å². The molecule has 0 aliphatic heterocycles. The van der Waals surface area contributed by atoms with Crippen molar-refractivity contribution in [2.24, 2.45) is 17.8 Å². The van der Waals surface area contributed by atoms with E-state index in [1.165, 1.54) is 25.7 Å². The van der Waals surface area contributed by atoms with E-state index in [1.807, 2.05) is 108 Å². The number of carbonyl (C=O) groups excluding carboxylic acids is 1. The fraction of sp³-hybridized carbons (Fsp3) is 0.446. The lowest BCUT2D eigenvalue weighted by Gasteiger charge is -2.17. The fourth-order valence-corrected chi connectivity index (χ4v) is 14.3. The molecule has 1 aliphatic carbocycles. The Hall–Kier alpha value is -8.21. The fourth-order valence-electron chi connectivity index (χ4n) is 12.3. The maximum absolute atomic E-state index is 12.5. The molecule has 0 saturated heterocycles. The maximum atomic E-state index is 12.5. The Balaban J connectivity index is 0.000000211. The SMILES string of the molecule is CCC(CC)COc1ccc(Br)cc1Cn1nc(CCC(=O)O)cc1C.CCC(CC)COc1ccc(Cl)cc1Cn1nc(CCC(=O)O)cc1C.Cc1cc(CCC(=O)CS(=O)(=O)C(F)(F)F)nn1Cc1cc(Cl)ccc1OCc1ccc(Cl)cc1.Cc1cc(CCC(=O)O)nn1Cc1cc(Br)ccc1OCC1CCCC1. The summed E-state index contributed by atoms with van der Waals surface area (Å²) < 4.78 is 93.3. The summed E-state index contributed by atoms with van der Waals surface area (Å²) >= 11 is 25.3. The number of aromatic nitrogens is 8. The quantitative estimate of drug-likeness (QED) is 0.0324. The summed E-state index contributed by atoms with van der Waals surface area (Å²) in [5.74, 6) is -0.0681. The number of nitrogens with zero attached hydrogens (tertiary/aromatic N) is 8. The number of carboxylic acids is 3. The molecule has 30 heteroatoms. The molecular weight excluding hydrogens is 1670 g/mol. The molecule has 1 saturated carbocycles.